The molecule has 1 rings (SSSR count). The van der Waals surface area contributed by atoms with Crippen molar-refractivity contribution in [3.8, 4) is 0 Å². The second-order valence-corrected chi connectivity index (χ2v) is 2.84. The van der Waals surface area contributed by atoms with E-state index in [0.29, 0.717) is 22.0 Å². The van der Waals surface area contributed by atoms with Gasteiger partial charge in [-0.2, -0.15) is 0 Å². The minimum Gasteiger partial charge on any atom is -0.328 e. The summed E-state index contributed by atoms with van der Waals surface area (Å²) in [6.45, 7) is 0. The summed E-state index contributed by atoms with van der Waals surface area (Å²) in [5.74, 6) is 0. The molecule has 0 atom stereocenters. The minimum absolute atomic E-state index is 0.600. The van der Waals surface area contributed by atoms with Gasteiger partial charge in [0.2, 0.25) is 6.41 Å². The van der Waals surface area contributed by atoms with Crippen LogP contribution in [-0.2, 0) is 4.79 Å². The third-order valence-corrected chi connectivity index (χ3v) is 1.78. The van der Waals surface area contributed by atoms with Crippen LogP contribution in [0, 0.1) is 0 Å². The monoisotopic (exact) mass is 187 g/mol. The summed E-state index contributed by atoms with van der Waals surface area (Å²) in [5, 5.41) is 3.09. The number of rotatable bonds is 2. The van der Waals surface area contributed by atoms with E-state index in [1.807, 2.05) is 0 Å². The molecule has 2 nitrogen and oxygen atoms in total. The lowest BCUT2D eigenvalue weighted by molar-refractivity contribution is -0.105. The first-order chi connectivity index (χ1) is 5.24. The number of hydrogen-bond acceptors (Lipinski definition) is 2. The number of amides is 1. The van der Waals surface area contributed by atoms with Gasteiger partial charge in [0.1, 0.15) is 0 Å². The zero-order valence-corrected chi connectivity index (χ0v) is 7.19. The van der Waals surface area contributed by atoms with Gasteiger partial charge in [0.15, 0.2) is 0 Å². The molecule has 0 spiro atoms. The summed E-state index contributed by atoms with van der Waals surface area (Å²) in [5.41, 5.74) is 0.660. The molecule has 1 amide bonds. The minimum atomic E-state index is 0.600. The number of hydrogen-bond donors (Lipinski definition) is 2. The maximum atomic E-state index is 10.0. The molecular formula is C7H6ClNOS. The van der Waals surface area contributed by atoms with Crippen LogP contribution in [0.5, 0.6) is 0 Å². The molecule has 4 heteroatoms. The van der Waals surface area contributed by atoms with E-state index >= 15 is 0 Å². The summed E-state index contributed by atoms with van der Waals surface area (Å²) >= 11 is 9.75. The fourth-order valence-electron chi connectivity index (χ4n) is 0.690. The smallest absolute Gasteiger partial charge is 0.211 e. The Balaban J connectivity index is 2.98. The lowest BCUT2D eigenvalue weighted by Gasteiger charge is -2.01. The first-order valence-electron chi connectivity index (χ1n) is 2.93. The maximum Gasteiger partial charge on any atom is 0.211 e. The SMILES string of the molecule is O=CNc1ccc(Cl)cc1S. The number of nitrogens with one attached hydrogen (secondary N) is 1. The Morgan fingerprint density at radius 1 is 1.55 bits per heavy atom. The standard InChI is InChI=1S/C7H6ClNOS/c8-5-1-2-6(9-4-10)7(11)3-5/h1-4,11H,(H,9,10). The van der Waals surface area contributed by atoms with Gasteiger partial charge in [-0.1, -0.05) is 11.6 Å². The second-order valence-electron chi connectivity index (χ2n) is 1.92. The second kappa shape index (κ2) is 3.64. The summed E-state index contributed by atoms with van der Waals surface area (Å²) < 4.78 is 0. The molecule has 0 bridgehead atoms. The molecule has 11 heavy (non-hydrogen) atoms. The molecule has 0 saturated heterocycles. The molecule has 58 valence electrons. The van der Waals surface area contributed by atoms with Crippen LogP contribution in [0.15, 0.2) is 23.1 Å². The third kappa shape index (κ3) is 2.13. The topological polar surface area (TPSA) is 29.1 Å². The van der Waals surface area contributed by atoms with E-state index in [4.69, 9.17) is 11.6 Å². The Morgan fingerprint density at radius 3 is 2.82 bits per heavy atom. The maximum absolute atomic E-state index is 10.0. The van der Waals surface area contributed by atoms with Crippen molar-refractivity contribution in [2.75, 3.05) is 5.32 Å². The number of halogens is 1. The molecule has 0 aliphatic rings. The van der Waals surface area contributed by atoms with E-state index in [0.717, 1.165) is 0 Å². The predicted molar refractivity (Wildman–Crippen MR) is 48.4 cm³/mol. The van der Waals surface area contributed by atoms with Gasteiger partial charge in [0.25, 0.3) is 0 Å². The highest BCUT2D eigenvalue weighted by molar-refractivity contribution is 7.80. The van der Waals surface area contributed by atoms with E-state index in [1.165, 1.54) is 0 Å². The molecule has 0 aliphatic heterocycles. The zero-order valence-electron chi connectivity index (χ0n) is 5.54. The van der Waals surface area contributed by atoms with Gasteiger partial charge < -0.3 is 5.32 Å². The number of thiol groups is 1. The summed E-state index contributed by atoms with van der Waals surface area (Å²) in [7, 11) is 0. The number of carbonyl (C=O) groups is 1. The quantitative estimate of drug-likeness (QED) is 0.540. The van der Waals surface area contributed by atoms with Crippen LogP contribution >= 0.6 is 24.2 Å². The first-order valence-corrected chi connectivity index (χ1v) is 3.75. The van der Waals surface area contributed by atoms with Crippen molar-refractivity contribution in [3.63, 3.8) is 0 Å². The van der Waals surface area contributed by atoms with Crippen LogP contribution in [0.3, 0.4) is 0 Å². The van der Waals surface area contributed by atoms with Crippen LogP contribution in [0.1, 0.15) is 0 Å². The van der Waals surface area contributed by atoms with Crippen LogP contribution in [0.2, 0.25) is 5.02 Å². The average Bonchev–Trinajstić information content (AvgIpc) is 1.95. The van der Waals surface area contributed by atoms with Crippen molar-refractivity contribution in [2.45, 2.75) is 4.90 Å². The van der Waals surface area contributed by atoms with Crippen LogP contribution in [0.4, 0.5) is 5.69 Å². The molecule has 1 aromatic carbocycles. The van der Waals surface area contributed by atoms with Crippen molar-refractivity contribution in [1.29, 1.82) is 0 Å². The molecular weight excluding hydrogens is 182 g/mol. The summed E-state index contributed by atoms with van der Waals surface area (Å²) in [6.07, 6.45) is 0.600. The van der Waals surface area contributed by atoms with Gasteiger partial charge in [-0.3, -0.25) is 4.79 Å². The number of carbonyl (C=O) groups excluding carboxylic acids is 1. The molecule has 0 aromatic heterocycles. The summed E-state index contributed by atoms with van der Waals surface area (Å²) in [6, 6.07) is 5.04. The Labute approximate surface area is 75.0 Å². The van der Waals surface area contributed by atoms with Crippen molar-refractivity contribution in [1.82, 2.24) is 0 Å². The third-order valence-electron chi connectivity index (χ3n) is 1.17. The zero-order chi connectivity index (χ0) is 8.27. The predicted octanol–water partition coefficient (Wildman–Crippen LogP) is 2.20. The largest absolute Gasteiger partial charge is 0.328 e. The number of benzene rings is 1. The van der Waals surface area contributed by atoms with Crippen LogP contribution < -0.4 is 5.32 Å². The number of anilines is 1. The molecule has 1 N–H and O–H groups in total. The lowest BCUT2D eigenvalue weighted by atomic mass is 10.3. The molecule has 1 aromatic rings. The van der Waals surface area contributed by atoms with Gasteiger partial charge >= 0.3 is 0 Å². The molecule has 0 aliphatic carbocycles. The Kier molecular flexibility index (Phi) is 2.79. The van der Waals surface area contributed by atoms with E-state index in [2.05, 4.69) is 17.9 Å². The Hall–Kier alpha value is -0.670. The summed E-state index contributed by atoms with van der Waals surface area (Å²) in [4.78, 5) is 10.7. The first kappa shape index (κ1) is 8.43. The molecule has 0 fully saturated rings. The van der Waals surface area contributed by atoms with Crippen molar-refractivity contribution >= 4 is 36.3 Å². The van der Waals surface area contributed by atoms with Crippen molar-refractivity contribution < 1.29 is 4.79 Å². The van der Waals surface area contributed by atoms with Gasteiger partial charge in [-0.25, -0.2) is 0 Å². The highest BCUT2D eigenvalue weighted by Crippen LogP contribution is 2.22. The highest BCUT2D eigenvalue weighted by atomic mass is 35.5. The van der Waals surface area contributed by atoms with Gasteiger partial charge in [-0.05, 0) is 18.2 Å². The van der Waals surface area contributed by atoms with E-state index in [1.54, 1.807) is 18.2 Å². The van der Waals surface area contributed by atoms with Gasteiger partial charge in [-0.15, -0.1) is 12.6 Å². The van der Waals surface area contributed by atoms with E-state index in [-0.39, 0.29) is 0 Å². The Morgan fingerprint density at radius 2 is 2.27 bits per heavy atom. The van der Waals surface area contributed by atoms with E-state index < -0.39 is 0 Å². The molecule has 0 radical (unpaired) electrons. The van der Waals surface area contributed by atoms with Gasteiger partial charge in [0, 0.05) is 9.92 Å². The van der Waals surface area contributed by atoms with Crippen molar-refractivity contribution in [2.24, 2.45) is 0 Å². The van der Waals surface area contributed by atoms with E-state index in [9.17, 15) is 4.79 Å². The normalized spacial score (nSPS) is 9.27. The highest BCUT2D eigenvalue weighted by Gasteiger charge is 1.96. The Bertz CT molecular complexity index is 277. The van der Waals surface area contributed by atoms with Crippen LogP contribution in [-0.4, -0.2) is 6.41 Å². The average molecular weight is 188 g/mol. The lowest BCUT2D eigenvalue weighted by Crippen LogP contribution is -1.93. The molecule has 0 saturated carbocycles. The molecule has 0 unspecified atom stereocenters. The fraction of sp³-hybridized carbons (Fsp3) is 0. The fourth-order valence-corrected chi connectivity index (χ4v) is 1.22. The van der Waals surface area contributed by atoms with Gasteiger partial charge in [0.05, 0.1) is 5.69 Å². The van der Waals surface area contributed by atoms with Crippen molar-refractivity contribution in [3.05, 3.63) is 23.2 Å². The van der Waals surface area contributed by atoms with Crippen LogP contribution in [0.25, 0.3) is 0 Å². The molecule has 0 heterocycles.